The number of likely N-dealkylation sites (tertiary alicyclic amines) is 2. The van der Waals surface area contributed by atoms with Gasteiger partial charge in [0, 0.05) is 81.8 Å². The summed E-state index contributed by atoms with van der Waals surface area (Å²) >= 11 is 8.05. The van der Waals surface area contributed by atoms with Crippen molar-refractivity contribution >= 4 is 52.3 Å². The van der Waals surface area contributed by atoms with Crippen LogP contribution >= 0.6 is 22.9 Å². The lowest BCUT2D eigenvalue weighted by molar-refractivity contribution is -0.142. The number of thiophene rings is 1. The van der Waals surface area contributed by atoms with Crippen LogP contribution in [0.5, 0.6) is 0 Å². The number of ether oxygens (including phenoxy) is 1. The minimum absolute atomic E-state index is 0.0283. The van der Waals surface area contributed by atoms with Gasteiger partial charge >= 0.3 is 12.1 Å². The third-order valence-corrected chi connectivity index (χ3v) is 11.3. The summed E-state index contributed by atoms with van der Waals surface area (Å²) in [5, 5.41) is 7.45. The zero-order valence-electron chi connectivity index (χ0n) is 26.9. The molecule has 6 rings (SSSR count). The van der Waals surface area contributed by atoms with Crippen LogP contribution < -0.4 is 11.1 Å². The zero-order chi connectivity index (χ0) is 32.4. The summed E-state index contributed by atoms with van der Waals surface area (Å²) in [5.41, 5.74) is 10.5. The monoisotopic (exact) mass is 671 g/mol. The van der Waals surface area contributed by atoms with Crippen molar-refractivity contribution in [3.63, 3.8) is 0 Å². The number of hydrogen-bond acceptors (Lipinski definition) is 8. The van der Waals surface area contributed by atoms with Gasteiger partial charge in [0.15, 0.2) is 6.10 Å². The van der Waals surface area contributed by atoms with Gasteiger partial charge < -0.3 is 35.4 Å². The number of hydrogen-bond donors (Lipinski definition) is 2. The fourth-order valence-electron chi connectivity index (χ4n) is 7.23. The molecule has 11 nitrogen and oxygen atoms in total. The summed E-state index contributed by atoms with van der Waals surface area (Å²) in [6.45, 7) is 9.02. The van der Waals surface area contributed by atoms with Gasteiger partial charge in [-0.2, -0.15) is 0 Å². The van der Waals surface area contributed by atoms with E-state index in [0.717, 1.165) is 61.4 Å². The molecule has 4 aliphatic rings. The largest absolute Gasteiger partial charge is 0.436 e. The number of piperazine rings is 1. The number of nitrogens with two attached hydrogens (primary N) is 1. The smallest absolute Gasteiger partial charge is 0.410 e. The van der Waals surface area contributed by atoms with E-state index in [9.17, 15) is 14.4 Å². The van der Waals surface area contributed by atoms with Crippen molar-refractivity contribution in [2.45, 2.75) is 70.2 Å². The highest BCUT2D eigenvalue weighted by Crippen LogP contribution is 2.31. The van der Waals surface area contributed by atoms with Crippen LogP contribution in [0.1, 0.15) is 49.3 Å². The number of benzene rings is 1. The fraction of sp³-hybridized carbons (Fsp3) is 0.606. The molecular weight excluding hydrogens is 626 g/mol. The molecule has 5 heterocycles. The van der Waals surface area contributed by atoms with Crippen LogP contribution in [0.2, 0.25) is 5.02 Å². The summed E-state index contributed by atoms with van der Waals surface area (Å²) in [5.74, 6) is -0.164. The maximum atomic E-state index is 14.0. The number of amides is 4. The van der Waals surface area contributed by atoms with Crippen molar-refractivity contribution in [1.29, 1.82) is 0 Å². The van der Waals surface area contributed by atoms with Crippen LogP contribution in [0.15, 0.2) is 22.9 Å². The number of carbonyl (C=O) groups is 3. The molecular formula is C33H46ClN7O4S. The Labute approximate surface area is 280 Å². The second-order valence-electron chi connectivity index (χ2n) is 13.1. The standard InChI is InChI=1S/C33H46ClN7O4S/c1-3-23-16-22(17-27(34)30(23)35)18-29(31(42)39-8-4-25(5-9-39)38-14-12-37(2)13-15-38)45-33(44)40-10-6-26(7-11-40)41-19-24-20-46-21-28(24)36-32(41)43/h16-17,20-21,25-26,29H,3-15,18-19,35H2,1-2H3,(H,36,43)/t29-/m1/s1. The average molecular weight is 672 g/mol. The molecule has 0 saturated carbocycles. The van der Waals surface area contributed by atoms with E-state index in [-0.39, 0.29) is 24.4 Å². The lowest BCUT2D eigenvalue weighted by atomic mass is 9.99. The van der Waals surface area contributed by atoms with Gasteiger partial charge in [-0.25, -0.2) is 9.59 Å². The number of rotatable bonds is 7. The van der Waals surface area contributed by atoms with Gasteiger partial charge in [-0.3, -0.25) is 9.69 Å². The normalized spacial score (nSPS) is 21.2. The first kappa shape index (κ1) is 32.9. The fourth-order valence-corrected chi connectivity index (χ4v) is 8.27. The number of urea groups is 1. The van der Waals surface area contributed by atoms with Crippen LogP contribution in [-0.4, -0.2) is 120 Å². The van der Waals surface area contributed by atoms with Crippen LogP contribution in [0.4, 0.5) is 21.0 Å². The molecule has 1 atom stereocenters. The van der Waals surface area contributed by atoms with Crippen LogP contribution in [-0.2, 0) is 28.9 Å². The number of nitrogen functional groups attached to an aromatic ring is 1. The maximum absolute atomic E-state index is 14.0. The molecule has 2 aromatic rings. The Morgan fingerprint density at radius 2 is 1.67 bits per heavy atom. The Morgan fingerprint density at radius 1 is 1.00 bits per heavy atom. The molecule has 0 spiro atoms. The van der Waals surface area contributed by atoms with E-state index in [1.54, 1.807) is 22.3 Å². The highest BCUT2D eigenvalue weighted by molar-refractivity contribution is 7.08. The Balaban J connectivity index is 1.10. The minimum Gasteiger partial charge on any atom is -0.436 e. The first-order chi connectivity index (χ1) is 22.2. The van der Waals surface area contributed by atoms with Crippen molar-refractivity contribution in [2.75, 3.05) is 70.5 Å². The Kier molecular flexibility index (Phi) is 10.3. The first-order valence-electron chi connectivity index (χ1n) is 16.6. The number of fused-ring (bicyclic) bond motifs is 1. The molecule has 1 aromatic carbocycles. The average Bonchev–Trinajstić information content (AvgIpc) is 3.53. The van der Waals surface area contributed by atoms with Crippen LogP contribution in [0.25, 0.3) is 0 Å². The van der Waals surface area contributed by atoms with Crippen molar-refractivity contribution in [3.8, 4) is 0 Å². The third-order valence-electron chi connectivity index (χ3n) is 10.2. The molecule has 4 aliphatic heterocycles. The number of nitrogens with zero attached hydrogens (tertiary/aromatic N) is 5. The van der Waals surface area contributed by atoms with Crippen LogP contribution in [0.3, 0.4) is 0 Å². The molecule has 0 radical (unpaired) electrons. The molecule has 4 amide bonds. The first-order valence-corrected chi connectivity index (χ1v) is 17.9. The lowest BCUT2D eigenvalue weighted by Crippen LogP contribution is -2.54. The topological polar surface area (TPSA) is 115 Å². The second kappa shape index (κ2) is 14.4. The second-order valence-corrected chi connectivity index (χ2v) is 14.2. The van der Waals surface area contributed by atoms with Gasteiger partial charge in [0.1, 0.15) is 0 Å². The molecule has 46 heavy (non-hydrogen) atoms. The number of piperidine rings is 2. The Morgan fingerprint density at radius 3 is 2.37 bits per heavy atom. The maximum Gasteiger partial charge on any atom is 0.410 e. The summed E-state index contributed by atoms with van der Waals surface area (Å²) in [4.78, 5) is 50.7. The quantitative estimate of drug-likeness (QED) is 0.421. The predicted octanol–water partition coefficient (Wildman–Crippen LogP) is 4.34. The number of likely N-dealkylation sites (N-methyl/N-ethyl adjacent to an activating group) is 1. The van der Waals surface area contributed by atoms with E-state index < -0.39 is 12.2 Å². The number of aryl methyl sites for hydroxylation is 1. The summed E-state index contributed by atoms with van der Waals surface area (Å²) in [6.07, 6.45) is 2.58. The van der Waals surface area contributed by atoms with Crippen molar-refractivity contribution < 1.29 is 19.1 Å². The summed E-state index contributed by atoms with van der Waals surface area (Å²) < 4.78 is 6.06. The van der Waals surface area contributed by atoms with E-state index in [2.05, 4.69) is 27.5 Å². The molecule has 13 heteroatoms. The van der Waals surface area contributed by atoms with Gasteiger partial charge in [-0.15, -0.1) is 11.3 Å². The Bertz CT molecular complexity index is 1410. The molecule has 0 unspecified atom stereocenters. The predicted molar refractivity (Wildman–Crippen MR) is 181 cm³/mol. The molecule has 3 saturated heterocycles. The molecule has 0 bridgehead atoms. The summed E-state index contributed by atoms with van der Waals surface area (Å²) in [6, 6.07) is 4.14. The number of anilines is 2. The van der Waals surface area contributed by atoms with E-state index in [1.807, 2.05) is 28.2 Å². The van der Waals surface area contributed by atoms with Gasteiger partial charge in [-0.05, 0) is 61.7 Å². The third kappa shape index (κ3) is 7.25. The van der Waals surface area contributed by atoms with Gasteiger partial charge in [-0.1, -0.05) is 24.6 Å². The highest BCUT2D eigenvalue weighted by Gasteiger charge is 2.37. The zero-order valence-corrected chi connectivity index (χ0v) is 28.5. The highest BCUT2D eigenvalue weighted by atomic mass is 35.5. The number of nitrogens with one attached hydrogen (secondary N) is 1. The van der Waals surface area contributed by atoms with Crippen LogP contribution in [0, 0.1) is 0 Å². The van der Waals surface area contributed by atoms with E-state index in [4.69, 9.17) is 22.1 Å². The minimum atomic E-state index is -0.973. The van der Waals surface area contributed by atoms with E-state index in [0.29, 0.717) is 68.7 Å². The van der Waals surface area contributed by atoms with E-state index in [1.165, 1.54) is 0 Å². The Hall–Kier alpha value is -3.06. The summed E-state index contributed by atoms with van der Waals surface area (Å²) in [7, 11) is 2.16. The SMILES string of the molecule is CCc1cc(C[C@@H](OC(=O)N2CCC(N3Cc4cscc4NC3=O)CC2)C(=O)N2CCC(N3CCN(C)CC3)CC2)cc(Cl)c1N. The molecule has 250 valence electrons. The van der Waals surface area contributed by atoms with Crippen molar-refractivity contribution in [1.82, 2.24) is 24.5 Å². The molecule has 3 fully saturated rings. The van der Waals surface area contributed by atoms with Gasteiger partial charge in [0.2, 0.25) is 0 Å². The number of halogens is 1. The number of carbonyl (C=O) groups excluding carboxylic acids is 3. The molecule has 3 N–H and O–H groups in total. The molecule has 0 aliphatic carbocycles. The van der Waals surface area contributed by atoms with E-state index >= 15 is 0 Å². The van der Waals surface area contributed by atoms with Gasteiger partial charge in [0.05, 0.1) is 22.9 Å². The van der Waals surface area contributed by atoms with Crippen molar-refractivity contribution in [2.24, 2.45) is 0 Å². The lowest BCUT2D eigenvalue weighted by Gasteiger charge is -2.42. The van der Waals surface area contributed by atoms with Gasteiger partial charge in [0.25, 0.3) is 5.91 Å². The van der Waals surface area contributed by atoms with Crippen molar-refractivity contribution in [3.05, 3.63) is 44.6 Å². The molecule has 1 aromatic heterocycles.